The van der Waals surface area contributed by atoms with E-state index in [2.05, 4.69) is 5.32 Å². The van der Waals surface area contributed by atoms with Gasteiger partial charge in [0.2, 0.25) is 0 Å². The van der Waals surface area contributed by atoms with Crippen molar-refractivity contribution in [3.05, 3.63) is 75.4 Å². The van der Waals surface area contributed by atoms with Crippen LogP contribution >= 0.6 is 34.8 Å². The van der Waals surface area contributed by atoms with Gasteiger partial charge in [0.15, 0.2) is 5.76 Å². The number of hydrogen-bond acceptors (Lipinski definition) is 2. The molecule has 0 fully saturated rings. The number of rotatable bonds is 3. The van der Waals surface area contributed by atoms with Gasteiger partial charge in [0, 0.05) is 5.56 Å². The first kappa shape index (κ1) is 15.9. The fourth-order valence-electron chi connectivity index (χ4n) is 2.06. The Morgan fingerprint density at radius 2 is 1.48 bits per heavy atom. The molecule has 1 aromatic heterocycles. The van der Waals surface area contributed by atoms with E-state index in [4.69, 9.17) is 39.2 Å². The summed E-state index contributed by atoms with van der Waals surface area (Å²) in [5.41, 5.74) is 1.06. The molecule has 0 saturated heterocycles. The highest BCUT2D eigenvalue weighted by Crippen LogP contribution is 2.32. The van der Waals surface area contributed by atoms with E-state index in [-0.39, 0.29) is 5.76 Å². The van der Waals surface area contributed by atoms with Gasteiger partial charge in [-0.1, -0.05) is 53.0 Å². The van der Waals surface area contributed by atoms with Crippen molar-refractivity contribution in [2.24, 2.45) is 0 Å². The molecule has 23 heavy (non-hydrogen) atoms. The van der Waals surface area contributed by atoms with Crippen LogP contribution < -0.4 is 5.32 Å². The molecule has 0 bridgehead atoms. The molecule has 0 saturated carbocycles. The Hall–Kier alpha value is -1.94. The Morgan fingerprint density at radius 3 is 2.17 bits per heavy atom. The Balaban J connectivity index is 1.86. The standard InChI is InChI=1S/C17H10Cl3NO2/c18-11-5-2-1-4-10(11)14-8-9-15(23-14)17(22)21-16-12(19)6-3-7-13(16)20/h1-9H,(H,21,22). The van der Waals surface area contributed by atoms with Gasteiger partial charge in [0.05, 0.1) is 20.8 Å². The lowest BCUT2D eigenvalue weighted by Crippen LogP contribution is -2.11. The second kappa shape index (κ2) is 6.67. The minimum atomic E-state index is -0.446. The zero-order valence-corrected chi connectivity index (χ0v) is 13.9. The zero-order chi connectivity index (χ0) is 16.4. The Labute approximate surface area is 147 Å². The molecule has 3 nitrogen and oxygen atoms in total. The Bertz CT molecular complexity index is 854. The zero-order valence-electron chi connectivity index (χ0n) is 11.6. The summed E-state index contributed by atoms with van der Waals surface area (Å²) < 4.78 is 5.58. The number of benzene rings is 2. The van der Waals surface area contributed by atoms with Crippen LogP contribution in [0.2, 0.25) is 15.1 Å². The molecule has 0 aliphatic rings. The van der Waals surface area contributed by atoms with Crippen LogP contribution in [0.3, 0.4) is 0 Å². The van der Waals surface area contributed by atoms with Crippen molar-refractivity contribution in [1.82, 2.24) is 0 Å². The molecule has 0 aliphatic carbocycles. The van der Waals surface area contributed by atoms with Gasteiger partial charge in [-0.25, -0.2) is 0 Å². The number of carbonyl (C=O) groups excluding carboxylic acids is 1. The maximum Gasteiger partial charge on any atom is 0.291 e. The van der Waals surface area contributed by atoms with E-state index in [1.54, 1.807) is 36.4 Å². The van der Waals surface area contributed by atoms with E-state index in [1.807, 2.05) is 18.2 Å². The van der Waals surface area contributed by atoms with Crippen molar-refractivity contribution in [3.63, 3.8) is 0 Å². The van der Waals surface area contributed by atoms with Crippen molar-refractivity contribution < 1.29 is 9.21 Å². The second-order valence-electron chi connectivity index (χ2n) is 4.69. The van der Waals surface area contributed by atoms with Crippen LogP contribution in [0.15, 0.2) is 59.0 Å². The molecular formula is C17H10Cl3NO2. The molecule has 1 N–H and O–H groups in total. The van der Waals surface area contributed by atoms with Gasteiger partial charge < -0.3 is 9.73 Å². The van der Waals surface area contributed by atoms with Gasteiger partial charge in [0.25, 0.3) is 5.91 Å². The number of carbonyl (C=O) groups is 1. The normalized spacial score (nSPS) is 10.6. The summed E-state index contributed by atoms with van der Waals surface area (Å²) in [5.74, 6) is 0.195. The first-order valence-electron chi connectivity index (χ1n) is 6.66. The first-order chi connectivity index (χ1) is 11.1. The highest BCUT2D eigenvalue weighted by atomic mass is 35.5. The molecule has 0 unspecified atom stereocenters. The highest BCUT2D eigenvalue weighted by Gasteiger charge is 2.16. The molecule has 3 rings (SSSR count). The molecule has 0 spiro atoms. The van der Waals surface area contributed by atoms with Crippen molar-refractivity contribution in [2.75, 3.05) is 5.32 Å². The summed E-state index contributed by atoms with van der Waals surface area (Å²) in [6, 6.07) is 15.5. The molecular weight excluding hydrogens is 357 g/mol. The summed E-state index contributed by atoms with van der Waals surface area (Å²) in [6.07, 6.45) is 0. The third-order valence-corrected chi connectivity index (χ3v) is 4.13. The first-order valence-corrected chi connectivity index (χ1v) is 7.80. The molecule has 2 aromatic carbocycles. The molecule has 1 amide bonds. The minimum absolute atomic E-state index is 0.135. The summed E-state index contributed by atoms with van der Waals surface area (Å²) in [6.45, 7) is 0. The van der Waals surface area contributed by atoms with Gasteiger partial charge in [-0.3, -0.25) is 4.79 Å². The third-order valence-electron chi connectivity index (χ3n) is 3.17. The van der Waals surface area contributed by atoms with Crippen molar-refractivity contribution in [3.8, 4) is 11.3 Å². The van der Waals surface area contributed by atoms with E-state index in [0.717, 1.165) is 0 Å². The second-order valence-corrected chi connectivity index (χ2v) is 5.92. The lowest BCUT2D eigenvalue weighted by Gasteiger charge is -2.07. The monoisotopic (exact) mass is 365 g/mol. The molecule has 1 heterocycles. The van der Waals surface area contributed by atoms with Crippen molar-refractivity contribution >= 4 is 46.4 Å². The summed E-state index contributed by atoms with van der Waals surface area (Å²) in [5, 5.41) is 3.89. The van der Waals surface area contributed by atoms with Crippen LogP contribution in [-0.4, -0.2) is 5.91 Å². The number of amides is 1. The maximum atomic E-state index is 12.3. The van der Waals surface area contributed by atoms with Crippen molar-refractivity contribution in [1.29, 1.82) is 0 Å². The van der Waals surface area contributed by atoms with Gasteiger partial charge in [-0.15, -0.1) is 0 Å². The number of halogens is 3. The lowest BCUT2D eigenvalue weighted by molar-refractivity contribution is 0.0997. The summed E-state index contributed by atoms with van der Waals surface area (Å²) in [4.78, 5) is 12.3. The summed E-state index contributed by atoms with van der Waals surface area (Å²) in [7, 11) is 0. The third kappa shape index (κ3) is 3.37. The van der Waals surface area contributed by atoms with E-state index >= 15 is 0 Å². The van der Waals surface area contributed by atoms with E-state index in [1.165, 1.54) is 0 Å². The molecule has 0 radical (unpaired) electrons. The largest absolute Gasteiger partial charge is 0.451 e. The maximum absolute atomic E-state index is 12.3. The van der Waals surface area contributed by atoms with Crippen LogP contribution in [0.4, 0.5) is 5.69 Å². The molecule has 0 aliphatic heterocycles. The number of hydrogen-bond donors (Lipinski definition) is 1. The number of nitrogens with one attached hydrogen (secondary N) is 1. The predicted octanol–water partition coefficient (Wildman–Crippen LogP) is 6.16. The van der Waals surface area contributed by atoms with Crippen LogP contribution in [0.1, 0.15) is 10.6 Å². The fourth-order valence-corrected chi connectivity index (χ4v) is 2.78. The van der Waals surface area contributed by atoms with Gasteiger partial charge in [-0.2, -0.15) is 0 Å². The number of furan rings is 1. The Kier molecular flexibility index (Phi) is 4.62. The molecule has 0 atom stereocenters. The summed E-state index contributed by atoms with van der Waals surface area (Å²) >= 11 is 18.2. The van der Waals surface area contributed by atoms with Gasteiger partial charge in [0.1, 0.15) is 5.76 Å². The molecule has 3 aromatic rings. The average molecular weight is 367 g/mol. The van der Waals surface area contributed by atoms with Crippen molar-refractivity contribution in [2.45, 2.75) is 0 Å². The topological polar surface area (TPSA) is 42.2 Å². The van der Waals surface area contributed by atoms with Crippen LogP contribution in [0.5, 0.6) is 0 Å². The van der Waals surface area contributed by atoms with E-state index in [0.29, 0.717) is 32.1 Å². The van der Waals surface area contributed by atoms with Gasteiger partial charge >= 0.3 is 0 Å². The smallest absolute Gasteiger partial charge is 0.291 e. The number of para-hydroxylation sites is 1. The predicted molar refractivity (Wildman–Crippen MR) is 93.6 cm³/mol. The number of anilines is 1. The minimum Gasteiger partial charge on any atom is -0.451 e. The SMILES string of the molecule is O=C(Nc1c(Cl)cccc1Cl)c1ccc(-c2ccccc2Cl)o1. The van der Waals surface area contributed by atoms with Crippen LogP contribution in [-0.2, 0) is 0 Å². The molecule has 116 valence electrons. The average Bonchev–Trinajstić information content (AvgIpc) is 3.01. The quantitative estimate of drug-likeness (QED) is 0.603. The highest BCUT2D eigenvalue weighted by molar-refractivity contribution is 6.40. The fraction of sp³-hybridized carbons (Fsp3) is 0. The van der Waals surface area contributed by atoms with Gasteiger partial charge in [-0.05, 0) is 36.4 Å². The van der Waals surface area contributed by atoms with Crippen LogP contribution in [0.25, 0.3) is 11.3 Å². The Morgan fingerprint density at radius 1 is 0.826 bits per heavy atom. The lowest BCUT2D eigenvalue weighted by atomic mass is 10.2. The molecule has 6 heteroatoms. The van der Waals surface area contributed by atoms with Crippen LogP contribution in [0, 0.1) is 0 Å². The van der Waals surface area contributed by atoms with E-state index < -0.39 is 5.91 Å². The van der Waals surface area contributed by atoms with E-state index in [9.17, 15) is 4.79 Å².